The van der Waals surface area contributed by atoms with Crippen LogP contribution in [0.1, 0.15) is 239 Å². The Morgan fingerprint density at radius 1 is 0.358 bits per heavy atom. The van der Waals surface area contributed by atoms with Gasteiger partial charge in [-0.05, 0) is 64.2 Å². The van der Waals surface area contributed by atoms with Gasteiger partial charge in [-0.2, -0.15) is 0 Å². The smallest absolute Gasteiger partial charge is 0.306 e. The van der Waals surface area contributed by atoms with Crippen molar-refractivity contribution in [3.8, 4) is 0 Å². The predicted molar refractivity (Wildman–Crippen MR) is 224 cm³/mol. The monoisotopic (exact) mass is 747 g/mol. The molecule has 0 aromatic heterocycles. The first kappa shape index (κ1) is 50.9. The zero-order valence-electron chi connectivity index (χ0n) is 35.3. The largest absolute Gasteiger partial charge is 0.462 e. The topological polar surface area (TPSA) is 78.9 Å². The molecule has 1 atom stereocenters. The minimum absolute atomic E-state index is 0.0741. The maximum absolute atomic E-state index is 12.6. The standard InChI is InChI=1S/C47H86O6/c1-4-7-10-13-16-19-21-22-23-24-25-26-27-29-31-34-37-40-46(49)52-43-44(42-51-45(48)39-36-33-30-18-15-12-9-6-3)53-47(50)41-38-35-32-28-20-17-14-11-8-5-2/h11,14,22-23,44H,4-10,12-13,15-21,24-43H2,1-3H3/b14-11-,23-22-. The van der Waals surface area contributed by atoms with Crippen molar-refractivity contribution >= 4 is 17.9 Å². The van der Waals surface area contributed by atoms with Crippen LogP contribution in [-0.4, -0.2) is 37.2 Å². The van der Waals surface area contributed by atoms with Gasteiger partial charge in [0.05, 0.1) is 0 Å². The van der Waals surface area contributed by atoms with Gasteiger partial charge in [0.15, 0.2) is 6.10 Å². The molecule has 0 heterocycles. The van der Waals surface area contributed by atoms with Crippen molar-refractivity contribution in [2.24, 2.45) is 0 Å². The number of allylic oxidation sites excluding steroid dienone is 4. The molecular weight excluding hydrogens is 661 g/mol. The number of unbranched alkanes of at least 4 members (excludes halogenated alkanes) is 26. The summed E-state index contributed by atoms with van der Waals surface area (Å²) in [6.45, 7) is 6.53. The van der Waals surface area contributed by atoms with E-state index in [9.17, 15) is 14.4 Å². The summed E-state index contributed by atoms with van der Waals surface area (Å²) in [4.78, 5) is 37.6. The van der Waals surface area contributed by atoms with Crippen LogP contribution >= 0.6 is 0 Å². The minimum atomic E-state index is -0.769. The molecule has 6 heteroatoms. The molecule has 0 saturated heterocycles. The molecule has 0 aromatic rings. The first-order valence-electron chi connectivity index (χ1n) is 22.8. The predicted octanol–water partition coefficient (Wildman–Crippen LogP) is 14.4. The Kier molecular flexibility index (Phi) is 40.9. The zero-order valence-corrected chi connectivity index (χ0v) is 35.3. The van der Waals surface area contributed by atoms with E-state index in [1.807, 2.05) is 0 Å². The van der Waals surface area contributed by atoms with Crippen LogP contribution in [0.15, 0.2) is 24.3 Å². The summed E-state index contributed by atoms with van der Waals surface area (Å²) >= 11 is 0. The zero-order chi connectivity index (χ0) is 38.7. The Morgan fingerprint density at radius 3 is 1.02 bits per heavy atom. The molecule has 0 saturated carbocycles. The molecule has 1 unspecified atom stereocenters. The number of ether oxygens (including phenoxy) is 3. The molecular formula is C47H86O6. The minimum Gasteiger partial charge on any atom is -0.462 e. The number of hydrogen-bond donors (Lipinski definition) is 0. The van der Waals surface area contributed by atoms with Gasteiger partial charge in [0, 0.05) is 19.3 Å². The highest BCUT2D eigenvalue weighted by Crippen LogP contribution is 2.14. The van der Waals surface area contributed by atoms with Crippen LogP contribution in [0.2, 0.25) is 0 Å². The van der Waals surface area contributed by atoms with Crippen LogP contribution < -0.4 is 0 Å². The van der Waals surface area contributed by atoms with Gasteiger partial charge in [-0.25, -0.2) is 0 Å². The van der Waals surface area contributed by atoms with Gasteiger partial charge in [0.25, 0.3) is 0 Å². The summed E-state index contributed by atoms with van der Waals surface area (Å²) in [5, 5.41) is 0. The number of esters is 3. The average Bonchev–Trinajstić information content (AvgIpc) is 3.15. The van der Waals surface area contributed by atoms with Crippen LogP contribution in [0.3, 0.4) is 0 Å². The molecule has 310 valence electrons. The first-order valence-corrected chi connectivity index (χ1v) is 22.8. The van der Waals surface area contributed by atoms with Crippen molar-refractivity contribution in [1.82, 2.24) is 0 Å². The highest BCUT2D eigenvalue weighted by Gasteiger charge is 2.19. The van der Waals surface area contributed by atoms with E-state index in [0.717, 1.165) is 77.0 Å². The number of hydrogen-bond acceptors (Lipinski definition) is 6. The molecule has 6 nitrogen and oxygen atoms in total. The van der Waals surface area contributed by atoms with E-state index in [2.05, 4.69) is 45.1 Å². The molecule has 0 radical (unpaired) electrons. The second kappa shape index (κ2) is 42.6. The van der Waals surface area contributed by atoms with E-state index in [0.29, 0.717) is 19.3 Å². The number of rotatable bonds is 41. The molecule has 0 N–H and O–H groups in total. The normalized spacial score (nSPS) is 12.1. The summed E-state index contributed by atoms with van der Waals surface area (Å²) in [5.41, 5.74) is 0. The highest BCUT2D eigenvalue weighted by atomic mass is 16.6. The van der Waals surface area contributed by atoms with E-state index < -0.39 is 6.10 Å². The third-order valence-corrected chi connectivity index (χ3v) is 9.91. The summed E-state index contributed by atoms with van der Waals surface area (Å²) in [5.74, 6) is -0.890. The molecule has 0 aromatic carbocycles. The Morgan fingerprint density at radius 2 is 0.660 bits per heavy atom. The van der Waals surface area contributed by atoms with Crippen molar-refractivity contribution < 1.29 is 28.6 Å². The fraction of sp³-hybridized carbons (Fsp3) is 0.851. The second-order valence-corrected chi connectivity index (χ2v) is 15.3. The lowest BCUT2D eigenvalue weighted by Gasteiger charge is -2.18. The van der Waals surface area contributed by atoms with Gasteiger partial charge in [-0.15, -0.1) is 0 Å². The third-order valence-electron chi connectivity index (χ3n) is 9.91. The van der Waals surface area contributed by atoms with E-state index in [1.165, 1.54) is 122 Å². The van der Waals surface area contributed by atoms with E-state index >= 15 is 0 Å². The molecule has 0 aliphatic rings. The van der Waals surface area contributed by atoms with Crippen LogP contribution in [0, 0.1) is 0 Å². The molecule has 0 bridgehead atoms. The highest BCUT2D eigenvalue weighted by molar-refractivity contribution is 5.71. The van der Waals surface area contributed by atoms with Crippen molar-refractivity contribution in [3.05, 3.63) is 24.3 Å². The summed E-state index contributed by atoms with van der Waals surface area (Å²) in [6.07, 6.45) is 46.0. The van der Waals surface area contributed by atoms with Gasteiger partial charge < -0.3 is 14.2 Å². The summed E-state index contributed by atoms with van der Waals surface area (Å²) < 4.78 is 16.6. The van der Waals surface area contributed by atoms with Crippen LogP contribution in [-0.2, 0) is 28.6 Å². The lowest BCUT2D eigenvalue weighted by atomic mass is 10.1. The van der Waals surface area contributed by atoms with Gasteiger partial charge in [-0.3, -0.25) is 14.4 Å². The van der Waals surface area contributed by atoms with E-state index in [-0.39, 0.29) is 31.1 Å². The SMILES string of the molecule is CCC/C=C\CCCCCCCC(=O)OC(COC(=O)CCCCCCCCCC)COC(=O)CCCCCCCCC/C=C\CCCCCCCC. The van der Waals surface area contributed by atoms with Crippen molar-refractivity contribution in [3.63, 3.8) is 0 Å². The van der Waals surface area contributed by atoms with Crippen LogP contribution in [0.4, 0.5) is 0 Å². The molecule has 0 rings (SSSR count). The lowest BCUT2D eigenvalue weighted by molar-refractivity contribution is -0.167. The Hall–Kier alpha value is -2.11. The van der Waals surface area contributed by atoms with E-state index in [4.69, 9.17) is 14.2 Å². The molecule has 0 aliphatic heterocycles. The fourth-order valence-electron chi connectivity index (χ4n) is 6.44. The molecule has 0 spiro atoms. The van der Waals surface area contributed by atoms with E-state index in [1.54, 1.807) is 0 Å². The second-order valence-electron chi connectivity index (χ2n) is 15.3. The van der Waals surface area contributed by atoms with Crippen LogP contribution in [0.25, 0.3) is 0 Å². The first-order chi connectivity index (χ1) is 26.0. The average molecular weight is 747 g/mol. The molecule has 0 aliphatic carbocycles. The van der Waals surface area contributed by atoms with Crippen molar-refractivity contribution in [1.29, 1.82) is 0 Å². The maximum atomic E-state index is 12.6. The third kappa shape index (κ3) is 40.9. The Bertz CT molecular complexity index is 865. The maximum Gasteiger partial charge on any atom is 0.306 e. The Labute approximate surface area is 328 Å². The van der Waals surface area contributed by atoms with Gasteiger partial charge in [-0.1, -0.05) is 180 Å². The number of carbonyl (C=O) groups excluding carboxylic acids is 3. The van der Waals surface area contributed by atoms with Gasteiger partial charge in [0.2, 0.25) is 0 Å². The molecule has 0 fully saturated rings. The lowest BCUT2D eigenvalue weighted by Crippen LogP contribution is -2.30. The fourth-order valence-corrected chi connectivity index (χ4v) is 6.44. The Balaban J connectivity index is 4.27. The van der Waals surface area contributed by atoms with Crippen molar-refractivity contribution in [2.45, 2.75) is 245 Å². The summed E-state index contributed by atoms with van der Waals surface area (Å²) in [6, 6.07) is 0. The van der Waals surface area contributed by atoms with Gasteiger partial charge >= 0.3 is 17.9 Å². The molecule has 0 amide bonds. The van der Waals surface area contributed by atoms with Gasteiger partial charge in [0.1, 0.15) is 13.2 Å². The van der Waals surface area contributed by atoms with Crippen molar-refractivity contribution in [2.75, 3.05) is 13.2 Å². The molecule has 53 heavy (non-hydrogen) atoms. The quantitative estimate of drug-likeness (QED) is 0.0268. The number of carbonyl (C=O) groups is 3. The summed E-state index contributed by atoms with van der Waals surface area (Å²) in [7, 11) is 0. The van der Waals surface area contributed by atoms with Crippen LogP contribution in [0.5, 0.6) is 0 Å².